The maximum absolute atomic E-state index is 12.5. The van der Waals surface area contributed by atoms with E-state index in [9.17, 15) is 4.79 Å². The van der Waals surface area contributed by atoms with Gasteiger partial charge in [-0.1, -0.05) is 89.6 Å². The first kappa shape index (κ1) is 20.9. The lowest BCUT2D eigenvalue weighted by Gasteiger charge is -2.12. The van der Waals surface area contributed by atoms with E-state index in [0.717, 1.165) is 22.1 Å². The number of rotatable bonds is 7. The lowest BCUT2D eigenvalue weighted by molar-refractivity contribution is -0.113. The minimum atomic E-state index is -0.0417. The zero-order chi connectivity index (χ0) is 21.6. The number of benzene rings is 3. The van der Waals surface area contributed by atoms with Crippen LogP contribution in [0.25, 0.3) is 11.3 Å². The molecule has 0 bridgehead atoms. The fourth-order valence-corrected chi connectivity index (χ4v) is 4.09. The third kappa shape index (κ3) is 5.44. The first-order chi connectivity index (χ1) is 15.1. The SMILES string of the molecule is Cc1ccc(NC(=O)CSc2ncc(-c3ccc(C)cc3)n2Cc2ccccc2)cc1. The monoisotopic (exact) mass is 427 g/mol. The minimum Gasteiger partial charge on any atom is -0.325 e. The lowest BCUT2D eigenvalue weighted by Crippen LogP contribution is -2.14. The van der Waals surface area contributed by atoms with Crippen LogP contribution in [0.1, 0.15) is 16.7 Å². The second-order valence-electron chi connectivity index (χ2n) is 7.57. The molecule has 0 aliphatic heterocycles. The van der Waals surface area contributed by atoms with Crippen molar-refractivity contribution in [2.75, 3.05) is 11.1 Å². The standard InChI is InChI=1S/C26H25N3OS/c1-19-8-12-22(13-9-19)24-16-27-26(29(24)17-21-6-4-3-5-7-21)31-18-25(30)28-23-14-10-20(2)11-15-23/h3-16H,17-18H2,1-2H3,(H,28,30). The number of hydrogen-bond acceptors (Lipinski definition) is 3. The molecule has 4 rings (SSSR count). The van der Waals surface area contributed by atoms with Gasteiger partial charge in [0, 0.05) is 5.69 Å². The molecule has 0 saturated heterocycles. The van der Waals surface area contributed by atoms with Crippen molar-refractivity contribution in [2.24, 2.45) is 0 Å². The van der Waals surface area contributed by atoms with Crippen molar-refractivity contribution in [3.05, 3.63) is 102 Å². The fourth-order valence-electron chi connectivity index (χ4n) is 3.31. The second kappa shape index (κ2) is 9.67. The van der Waals surface area contributed by atoms with Gasteiger partial charge in [-0.25, -0.2) is 4.98 Å². The molecule has 4 aromatic rings. The Balaban J connectivity index is 1.54. The molecule has 0 aliphatic rings. The van der Waals surface area contributed by atoms with E-state index in [1.54, 1.807) is 0 Å². The first-order valence-electron chi connectivity index (χ1n) is 10.2. The van der Waals surface area contributed by atoms with Crippen LogP contribution in [0, 0.1) is 13.8 Å². The quantitative estimate of drug-likeness (QED) is 0.371. The van der Waals surface area contributed by atoms with E-state index in [4.69, 9.17) is 0 Å². The highest BCUT2D eigenvalue weighted by molar-refractivity contribution is 7.99. The van der Waals surface area contributed by atoms with Gasteiger partial charge in [0.15, 0.2) is 5.16 Å². The highest BCUT2D eigenvalue weighted by Crippen LogP contribution is 2.27. The van der Waals surface area contributed by atoms with E-state index in [-0.39, 0.29) is 5.91 Å². The molecular formula is C26H25N3OS. The molecule has 1 N–H and O–H groups in total. The van der Waals surface area contributed by atoms with E-state index < -0.39 is 0 Å². The Morgan fingerprint density at radius 1 is 0.903 bits per heavy atom. The molecular weight excluding hydrogens is 402 g/mol. The van der Waals surface area contributed by atoms with Crippen LogP contribution in [-0.2, 0) is 11.3 Å². The zero-order valence-corrected chi connectivity index (χ0v) is 18.5. The lowest BCUT2D eigenvalue weighted by atomic mass is 10.1. The molecule has 0 atom stereocenters. The van der Waals surface area contributed by atoms with Crippen LogP contribution in [0.2, 0.25) is 0 Å². The topological polar surface area (TPSA) is 46.9 Å². The molecule has 0 unspecified atom stereocenters. The Morgan fingerprint density at radius 2 is 1.55 bits per heavy atom. The Morgan fingerprint density at radius 3 is 2.23 bits per heavy atom. The number of amides is 1. The summed E-state index contributed by atoms with van der Waals surface area (Å²) < 4.78 is 2.18. The Labute approximate surface area is 187 Å². The number of nitrogens with zero attached hydrogens (tertiary/aromatic N) is 2. The van der Waals surface area contributed by atoms with Crippen molar-refractivity contribution in [3.8, 4) is 11.3 Å². The Hall–Kier alpha value is -3.31. The fraction of sp³-hybridized carbons (Fsp3) is 0.154. The molecule has 0 aliphatic carbocycles. The van der Waals surface area contributed by atoms with Crippen LogP contribution in [0.15, 0.2) is 90.2 Å². The molecule has 0 saturated carbocycles. The number of aromatic nitrogens is 2. The van der Waals surface area contributed by atoms with Crippen molar-refractivity contribution in [3.63, 3.8) is 0 Å². The molecule has 156 valence electrons. The van der Waals surface area contributed by atoms with Crippen molar-refractivity contribution in [2.45, 2.75) is 25.5 Å². The van der Waals surface area contributed by atoms with Crippen LogP contribution in [0.4, 0.5) is 5.69 Å². The minimum absolute atomic E-state index is 0.0417. The predicted molar refractivity (Wildman–Crippen MR) is 128 cm³/mol. The summed E-state index contributed by atoms with van der Waals surface area (Å²) in [4.78, 5) is 17.1. The highest BCUT2D eigenvalue weighted by atomic mass is 32.2. The van der Waals surface area contributed by atoms with Crippen molar-refractivity contribution in [1.29, 1.82) is 0 Å². The number of aryl methyl sites for hydroxylation is 2. The van der Waals surface area contributed by atoms with Gasteiger partial charge in [0.2, 0.25) is 5.91 Å². The second-order valence-corrected chi connectivity index (χ2v) is 8.51. The maximum Gasteiger partial charge on any atom is 0.234 e. The van der Waals surface area contributed by atoms with Crippen molar-refractivity contribution >= 4 is 23.4 Å². The van der Waals surface area contributed by atoms with Crippen LogP contribution in [0.5, 0.6) is 0 Å². The summed E-state index contributed by atoms with van der Waals surface area (Å²) in [5.41, 5.74) is 6.55. The summed E-state index contributed by atoms with van der Waals surface area (Å²) in [5.74, 6) is 0.257. The van der Waals surface area contributed by atoms with Gasteiger partial charge in [0.05, 0.1) is 24.2 Å². The van der Waals surface area contributed by atoms with Crippen LogP contribution >= 0.6 is 11.8 Å². The molecule has 3 aromatic carbocycles. The van der Waals surface area contributed by atoms with Gasteiger partial charge in [-0.3, -0.25) is 4.79 Å². The summed E-state index contributed by atoms with van der Waals surface area (Å²) in [5, 5.41) is 3.79. The summed E-state index contributed by atoms with van der Waals surface area (Å²) in [6.07, 6.45) is 1.90. The van der Waals surface area contributed by atoms with Gasteiger partial charge >= 0.3 is 0 Å². The van der Waals surface area contributed by atoms with Gasteiger partial charge in [0.25, 0.3) is 0 Å². The summed E-state index contributed by atoms with van der Waals surface area (Å²) in [6, 6.07) is 26.6. The molecule has 1 amide bonds. The van der Waals surface area contributed by atoms with E-state index in [1.807, 2.05) is 55.6 Å². The average Bonchev–Trinajstić information content (AvgIpc) is 3.17. The van der Waals surface area contributed by atoms with Crippen LogP contribution in [0.3, 0.4) is 0 Å². The summed E-state index contributed by atoms with van der Waals surface area (Å²) in [7, 11) is 0. The summed E-state index contributed by atoms with van der Waals surface area (Å²) >= 11 is 1.46. The van der Waals surface area contributed by atoms with E-state index >= 15 is 0 Å². The molecule has 0 spiro atoms. The number of imidazole rings is 1. The third-order valence-electron chi connectivity index (χ3n) is 5.02. The van der Waals surface area contributed by atoms with Gasteiger partial charge in [-0.15, -0.1) is 0 Å². The number of thioether (sulfide) groups is 1. The normalized spacial score (nSPS) is 10.8. The number of nitrogens with one attached hydrogen (secondary N) is 1. The summed E-state index contributed by atoms with van der Waals surface area (Å²) in [6.45, 7) is 4.81. The van der Waals surface area contributed by atoms with Crippen LogP contribution < -0.4 is 5.32 Å². The Bertz CT molecular complexity index is 1150. The molecule has 4 nitrogen and oxygen atoms in total. The zero-order valence-electron chi connectivity index (χ0n) is 17.7. The molecule has 5 heteroatoms. The smallest absolute Gasteiger partial charge is 0.234 e. The molecule has 1 heterocycles. The third-order valence-corrected chi connectivity index (χ3v) is 6.01. The Kier molecular flexibility index (Phi) is 6.53. The average molecular weight is 428 g/mol. The molecule has 0 fully saturated rings. The molecule has 1 aromatic heterocycles. The van der Waals surface area contributed by atoms with Crippen molar-refractivity contribution < 1.29 is 4.79 Å². The van der Waals surface area contributed by atoms with Gasteiger partial charge in [-0.2, -0.15) is 0 Å². The predicted octanol–water partition coefficient (Wildman–Crippen LogP) is 5.95. The van der Waals surface area contributed by atoms with Crippen LogP contribution in [-0.4, -0.2) is 21.2 Å². The number of anilines is 1. The number of carbonyl (C=O) groups excluding carboxylic acids is 1. The molecule has 0 radical (unpaired) electrons. The largest absolute Gasteiger partial charge is 0.325 e. The van der Waals surface area contributed by atoms with Gasteiger partial charge in [0.1, 0.15) is 0 Å². The highest BCUT2D eigenvalue weighted by Gasteiger charge is 2.14. The van der Waals surface area contributed by atoms with Crippen molar-refractivity contribution in [1.82, 2.24) is 9.55 Å². The van der Waals surface area contributed by atoms with Gasteiger partial charge in [-0.05, 0) is 37.1 Å². The van der Waals surface area contributed by atoms with E-state index in [1.165, 1.54) is 28.5 Å². The number of hydrogen-bond donors (Lipinski definition) is 1. The number of carbonyl (C=O) groups is 1. The molecule has 31 heavy (non-hydrogen) atoms. The van der Waals surface area contributed by atoms with Gasteiger partial charge < -0.3 is 9.88 Å². The van der Waals surface area contributed by atoms with E-state index in [2.05, 4.69) is 58.2 Å². The first-order valence-corrected chi connectivity index (χ1v) is 11.2. The van der Waals surface area contributed by atoms with E-state index in [0.29, 0.717) is 12.3 Å². The maximum atomic E-state index is 12.5.